The predicted octanol–water partition coefficient (Wildman–Crippen LogP) is 1.86. The van der Waals surface area contributed by atoms with Gasteiger partial charge in [0.05, 0.1) is 17.2 Å². The SMILES string of the molecule is CC(C)n1c(-c2cn[nH]n2)nc2cc(CN)ccc21. The molecule has 0 spiro atoms. The van der Waals surface area contributed by atoms with Gasteiger partial charge in [0.15, 0.2) is 5.82 Å². The lowest BCUT2D eigenvalue weighted by atomic mass is 10.2. The van der Waals surface area contributed by atoms with Gasteiger partial charge in [-0.05, 0) is 31.5 Å². The molecule has 6 nitrogen and oxygen atoms in total. The molecule has 0 saturated carbocycles. The molecule has 0 amide bonds. The minimum atomic E-state index is 0.292. The topological polar surface area (TPSA) is 85.4 Å². The number of H-pyrrole nitrogens is 1. The summed E-state index contributed by atoms with van der Waals surface area (Å²) in [6.07, 6.45) is 1.68. The van der Waals surface area contributed by atoms with Crippen LogP contribution in [0.25, 0.3) is 22.6 Å². The molecule has 0 radical (unpaired) electrons. The van der Waals surface area contributed by atoms with Crippen molar-refractivity contribution in [1.29, 1.82) is 0 Å². The first-order valence-electron chi connectivity index (χ1n) is 6.27. The van der Waals surface area contributed by atoms with Crippen LogP contribution in [0.4, 0.5) is 0 Å². The van der Waals surface area contributed by atoms with Crippen molar-refractivity contribution >= 4 is 11.0 Å². The number of hydrogen-bond acceptors (Lipinski definition) is 4. The average Bonchev–Trinajstić information content (AvgIpc) is 3.04. The zero-order chi connectivity index (χ0) is 13.4. The lowest BCUT2D eigenvalue weighted by Gasteiger charge is -2.11. The molecule has 0 saturated heterocycles. The largest absolute Gasteiger partial charge is 0.326 e. The van der Waals surface area contributed by atoms with E-state index in [4.69, 9.17) is 5.73 Å². The Kier molecular flexibility index (Phi) is 2.79. The molecule has 0 bridgehead atoms. The molecule has 0 atom stereocenters. The maximum atomic E-state index is 5.68. The number of benzene rings is 1. The summed E-state index contributed by atoms with van der Waals surface area (Å²) in [6.45, 7) is 4.77. The number of rotatable bonds is 3. The van der Waals surface area contributed by atoms with E-state index in [0.717, 1.165) is 28.1 Å². The van der Waals surface area contributed by atoms with Gasteiger partial charge in [-0.2, -0.15) is 15.4 Å². The van der Waals surface area contributed by atoms with Crippen molar-refractivity contribution in [1.82, 2.24) is 25.0 Å². The van der Waals surface area contributed by atoms with Crippen molar-refractivity contribution < 1.29 is 0 Å². The number of nitrogens with zero attached hydrogens (tertiary/aromatic N) is 4. The van der Waals surface area contributed by atoms with Gasteiger partial charge in [-0.15, -0.1) is 0 Å². The highest BCUT2D eigenvalue weighted by molar-refractivity contribution is 5.80. The molecule has 2 aromatic heterocycles. The van der Waals surface area contributed by atoms with E-state index >= 15 is 0 Å². The Morgan fingerprint density at radius 1 is 1.37 bits per heavy atom. The van der Waals surface area contributed by atoms with Crippen molar-refractivity contribution in [3.63, 3.8) is 0 Å². The maximum Gasteiger partial charge on any atom is 0.163 e. The Hall–Kier alpha value is -2.21. The van der Waals surface area contributed by atoms with E-state index in [1.807, 2.05) is 12.1 Å². The molecule has 0 unspecified atom stereocenters. The van der Waals surface area contributed by atoms with Crippen LogP contribution in [0, 0.1) is 0 Å². The monoisotopic (exact) mass is 256 g/mol. The van der Waals surface area contributed by atoms with E-state index in [0.29, 0.717) is 12.6 Å². The summed E-state index contributed by atoms with van der Waals surface area (Å²) >= 11 is 0. The molecule has 3 rings (SSSR count). The predicted molar refractivity (Wildman–Crippen MR) is 73.4 cm³/mol. The first kappa shape index (κ1) is 11.9. The van der Waals surface area contributed by atoms with Crippen LogP contribution in [0.2, 0.25) is 0 Å². The van der Waals surface area contributed by atoms with Gasteiger partial charge in [-0.25, -0.2) is 4.98 Å². The molecule has 3 N–H and O–H groups in total. The minimum absolute atomic E-state index is 0.292. The Morgan fingerprint density at radius 3 is 2.84 bits per heavy atom. The van der Waals surface area contributed by atoms with Crippen LogP contribution in [0.1, 0.15) is 25.5 Å². The summed E-state index contributed by atoms with van der Waals surface area (Å²) in [6, 6.07) is 6.42. The molecule has 0 fully saturated rings. The smallest absolute Gasteiger partial charge is 0.163 e. The lowest BCUT2D eigenvalue weighted by Crippen LogP contribution is -2.03. The van der Waals surface area contributed by atoms with Crippen molar-refractivity contribution in [2.24, 2.45) is 5.73 Å². The molecule has 98 valence electrons. The van der Waals surface area contributed by atoms with Gasteiger partial charge in [0, 0.05) is 12.6 Å². The van der Waals surface area contributed by atoms with Gasteiger partial charge in [-0.3, -0.25) is 0 Å². The number of imidazole rings is 1. The van der Waals surface area contributed by atoms with Crippen LogP contribution >= 0.6 is 0 Å². The number of aromatic amines is 1. The number of nitrogens with one attached hydrogen (secondary N) is 1. The van der Waals surface area contributed by atoms with Gasteiger partial charge in [0.1, 0.15) is 5.69 Å². The minimum Gasteiger partial charge on any atom is -0.326 e. The normalized spacial score (nSPS) is 11.6. The lowest BCUT2D eigenvalue weighted by molar-refractivity contribution is 0.623. The fraction of sp³-hybridized carbons (Fsp3) is 0.308. The fourth-order valence-electron chi connectivity index (χ4n) is 2.28. The van der Waals surface area contributed by atoms with Crippen molar-refractivity contribution in [2.45, 2.75) is 26.4 Å². The molecule has 3 aromatic rings. The summed E-state index contributed by atoms with van der Waals surface area (Å²) in [7, 11) is 0. The molecule has 0 aliphatic rings. The second-order valence-electron chi connectivity index (χ2n) is 4.78. The summed E-state index contributed by atoms with van der Waals surface area (Å²) in [5, 5.41) is 10.6. The second kappa shape index (κ2) is 4.47. The molecule has 2 heterocycles. The van der Waals surface area contributed by atoms with E-state index in [1.165, 1.54) is 0 Å². The quantitative estimate of drug-likeness (QED) is 0.749. The number of aromatic nitrogens is 5. The van der Waals surface area contributed by atoms with Crippen LogP contribution in [0.15, 0.2) is 24.4 Å². The zero-order valence-corrected chi connectivity index (χ0v) is 11.0. The zero-order valence-electron chi connectivity index (χ0n) is 11.0. The third-order valence-corrected chi connectivity index (χ3v) is 3.15. The van der Waals surface area contributed by atoms with Crippen molar-refractivity contribution in [3.05, 3.63) is 30.0 Å². The van der Waals surface area contributed by atoms with Gasteiger partial charge < -0.3 is 10.3 Å². The number of fused-ring (bicyclic) bond motifs is 1. The second-order valence-corrected chi connectivity index (χ2v) is 4.78. The van der Waals surface area contributed by atoms with E-state index in [1.54, 1.807) is 6.20 Å². The highest BCUT2D eigenvalue weighted by Gasteiger charge is 2.16. The third kappa shape index (κ3) is 1.90. The summed E-state index contributed by atoms with van der Waals surface area (Å²) < 4.78 is 2.16. The van der Waals surface area contributed by atoms with E-state index in [-0.39, 0.29) is 0 Å². The molecular weight excluding hydrogens is 240 g/mol. The van der Waals surface area contributed by atoms with Crippen LogP contribution in [0.3, 0.4) is 0 Å². The van der Waals surface area contributed by atoms with Gasteiger partial charge in [-0.1, -0.05) is 6.07 Å². The van der Waals surface area contributed by atoms with Gasteiger partial charge >= 0.3 is 0 Å². The summed E-state index contributed by atoms with van der Waals surface area (Å²) in [5.41, 5.74) is 9.53. The maximum absolute atomic E-state index is 5.68. The van der Waals surface area contributed by atoms with E-state index < -0.39 is 0 Å². The van der Waals surface area contributed by atoms with E-state index in [9.17, 15) is 0 Å². The Balaban J connectivity index is 2.29. The highest BCUT2D eigenvalue weighted by atomic mass is 15.3. The van der Waals surface area contributed by atoms with E-state index in [2.05, 4.69) is 44.9 Å². The highest BCUT2D eigenvalue weighted by Crippen LogP contribution is 2.27. The van der Waals surface area contributed by atoms with Crippen LogP contribution in [0.5, 0.6) is 0 Å². The molecule has 0 aliphatic carbocycles. The standard InChI is InChI=1S/C13H16N6/c1-8(2)19-12-4-3-9(6-14)5-10(12)16-13(19)11-7-15-18-17-11/h3-5,7-8H,6,14H2,1-2H3,(H,15,17,18). The first-order valence-corrected chi connectivity index (χ1v) is 6.27. The van der Waals surface area contributed by atoms with Crippen LogP contribution in [-0.4, -0.2) is 25.0 Å². The Labute approximate surface area is 110 Å². The molecule has 0 aliphatic heterocycles. The third-order valence-electron chi connectivity index (χ3n) is 3.15. The fourth-order valence-corrected chi connectivity index (χ4v) is 2.28. The average molecular weight is 256 g/mol. The van der Waals surface area contributed by atoms with Gasteiger partial charge in [0.25, 0.3) is 0 Å². The molecule has 6 heteroatoms. The van der Waals surface area contributed by atoms with Gasteiger partial charge in [0.2, 0.25) is 0 Å². The summed E-state index contributed by atoms with van der Waals surface area (Å²) in [4.78, 5) is 4.67. The number of hydrogen-bond donors (Lipinski definition) is 2. The Bertz CT molecular complexity index is 695. The van der Waals surface area contributed by atoms with Crippen molar-refractivity contribution in [3.8, 4) is 11.5 Å². The molecular formula is C13H16N6. The first-order chi connectivity index (χ1) is 9.20. The molecule has 19 heavy (non-hydrogen) atoms. The van der Waals surface area contributed by atoms with Crippen LogP contribution < -0.4 is 5.73 Å². The summed E-state index contributed by atoms with van der Waals surface area (Å²) in [5.74, 6) is 0.827. The van der Waals surface area contributed by atoms with Crippen molar-refractivity contribution in [2.75, 3.05) is 0 Å². The number of nitrogens with two attached hydrogens (primary N) is 1. The van der Waals surface area contributed by atoms with Crippen LogP contribution in [-0.2, 0) is 6.54 Å². The molecule has 1 aromatic carbocycles. The Morgan fingerprint density at radius 2 is 2.21 bits per heavy atom.